The molecule has 0 spiro atoms. The molecular formula is C21H24ClNO2. The zero-order valence-electron chi connectivity index (χ0n) is 14.7. The molecule has 0 heterocycles. The maximum Gasteiger partial charge on any atom is 0.254 e. The van der Waals surface area contributed by atoms with E-state index < -0.39 is 0 Å². The molecule has 3 nitrogen and oxygen atoms in total. The summed E-state index contributed by atoms with van der Waals surface area (Å²) in [5.74, 6) is 0.0949. The summed E-state index contributed by atoms with van der Waals surface area (Å²) in [6.45, 7) is 4.77. The van der Waals surface area contributed by atoms with Crippen LogP contribution in [0.25, 0.3) is 0 Å². The van der Waals surface area contributed by atoms with E-state index in [1.54, 1.807) is 0 Å². The highest BCUT2D eigenvalue weighted by Crippen LogP contribution is 2.35. The quantitative estimate of drug-likeness (QED) is 0.702. The smallest absolute Gasteiger partial charge is 0.254 e. The van der Waals surface area contributed by atoms with Gasteiger partial charge >= 0.3 is 0 Å². The lowest BCUT2D eigenvalue weighted by Crippen LogP contribution is -2.41. The highest BCUT2D eigenvalue weighted by atomic mass is 35.5. The van der Waals surface area contributed by atoms with E-state index in [1.165, 1.54) is 0 Å². The summed E-state index contributed by atoms with van der Waals surface area (Å²) in [6.07, 6.45) is 1.94. The number of hydrogen-bond donors (Lipinski definition) is 0. The van der Waals surface area contributed by atoms with Crippen molar-refractivity contribution < 1.29 is 9.53 Å². The molecule has 1 amide bonds. The van der Waals surface area contributed by atoms with Crippen LogP contribution >= 0.6 is 11.6 Å². The number of carbonyl (C=O) groups excluding carboxylic acids is 1. The molecule has 0 aliphatic heterocycles. The predicted molar refractivity (Wildman–Crippen MR) is 101 cm³/mol. The SMILES string of the molecule is CCC(C)N(C(=O)c1ccccc1)C1CC1OCc1ccc(Cl)cc1. The van der Waals surface area contributed by atoms with E-state index in [-0.39, 0.29) is 24.1 Å². The molecule has 1 aliphatic rings. The normalized spacial score (nSPS) is 20.1. The minimum atomic E-state index is 0.0949. The van der Waals surface area contributed by atoms with Gasteiger partial charge in [-0.15, -0.1) is 0 Å². The van der Waals surface area contributed by atoms with E-state index in [0.29, 0.717) is 6.61 Å². The third-order valence-corrected chi connectivity index (χ3v) is 5.01. The first kappa shape index (κ1) is 18.0. The lowest BCUT2D eigenvalue weighted by molar-refractivity contribution is 0.0506. The molecule has 3 unspecified atom stereocenters. The summed E-state index contributed by atoms with van der Waals surface area (Å²) < 4.78 is 6.02. The van der Waals surface area contributed by atoms with Crippen LogP contribution in [0.3, 0.4) is 0 Å². The van der Waals surface area contributed by atoms with E-state index in [1.807, 2.05) is 59.5 Å². The second kappa shape index (κ2) is 8.03. The van der Waals surface area contributed by atoms with Gasteiger partial charge in [0.25, 0.3) is 5.91 Å². The van der Waals surface area contributed by atoms with Crippen molar-refractivity contribution in [3.63, 3.8) is 0 Å². The zero-order chi connectivity index (χ0) is 17.8. The highest BCUT2D eigenvalue weighted by molar-refractivity contribution is 6.30. The lowest BCUT2D eigenvalue weighted by Gasteiger charge is -2.29. The van der Waals surface area contributed by atoms with E-state index >= 15 is 0 Å². The zero-order valence-corrected chi connectivity index (χ0v) is 15.4. The van der Waals surface area contributed by atoms with Crippen molar-refractivity contribution in [2.24, 2.45) is 0 Å². The van der Waals surface area contributed by atoms with Gasteiger partial charge < -0.3 is 9.64 Å². The van der Waals surface area contributed by atoms with Crippen LogP contribution in [-0.4, -0.2) is 29.0 Å². The Hall–Kier alpha value is -1.84. The average Bonchev–Trinajstić information content (AvgIpc) is 3.41. The van der Waals surface area contributed by atoms with E-state index in [2.05, 4.69) is 13.8 Å². The summed E-state index contributed by atoms with van der Waals surface area (Å²) >= 11 is 5.91. The standard InChI is InChI=1S/C21H24ClNO2/c1-3-15(2)23(21(24)17-7-5-4-6-8-17)19-13-20(19)25-14-16-9-11-18(22)12-10-16/h4-12,15,19-20H,3,13-14H2,1-2H3. The molecule has 1 aliphatic carbocycles. The fourth-order valence-corrected chi connectivity index (χ4v) is 3.15. The van der Waals surface area contributed by atoms with Gasteiger partial charge in [-0.1, -0.05) is 48.9 Å². The molecule has 2 aromatic rings. The van der Waals surface area contributed by atoms with E-state index in [9.17, 15) is 4.79 Å². The molecule has 3 atom stereocenters. The predicted octanol–water partition coefficient (Wildman–Crippen LogP) is 4.94. The van der Waals surface area contributed by atoms with Gasteiger partial charge in [-0.3, -0.25) is 4.79 Å². The summed E-state index contributed by atoms with van der Waals surface area (Å²) in [5.41, 5.74) is 1.84. The molecule has 2 aromatic carbocycles. The van der Waals surface area contributed by atoms with Crippen LogP contribution in [0.4, 0.5) is 0 Å². The maximum atomic E-state index is 12.9. The number of benzene rings is 2. The Morgan fingerprint density at radius 2 is 1.88 bits per heavy atom. The Kier molecular flexibility index (Phi) is 5.77. The van der Waals surface area contributed by atoms with Gasteiger partial charge in [-0.2, -0.15) is 0 Å². The average molecular weight is 358 g/mol. The molecule has 25 heavy (non-hydrogen) atoms. The van der Waals surface area contributed by atoms with Crippen molar-refractivity contribution in [2.45, 2.75) is 51.5 Å². The number of carbonyl (C=O) groups is 1. The molecule has 0 radical (unpaired) electrons. The molecular weight excluding hydrogens is 334 g/mol. The molecule has 0 saturated heterocycles. The van der Waals surface area contributed by atoms with Crippen LogP contribution in [0.5, 0.6) is 0 Å². The first-order valence-electron chi connectivity index (χ1n) is 8.84. The summed E-state index contributed by atoms with van der Waals surface area (Å²) in [6, 6.07) is 17.5. The first-order chi connectivity index (χ1) is 12.1. The van der Waals surface area contributed by atoms with Gasteiger partial charge in [-0.05, 0) is 49.6 Å². The Balaban J connectivity index is 1.63. The Morgan fingerprint density at radius 3 is 2.52 bits per heavy atom. The van der Waals surface area contributed by atoms with Gasteiger partial charge in [0.05, 0.1) is 18.8 Å². The molecule has 1 fully saturated rings. The van der Waals surface area contributed by atoms with Crippen LogP contribution in [-0.2, 0) is 11.3 Å². The minimum Gasteiger partial charge on any atom is -0.371 e. The van der Waals surface area contributed by atoms with Crippen LogP contribution in [0.2, 0.25) is 5.02 Å². The van der Waals surface area contributed by atoms with Gasteiger partial charge in [0, 0.05) is 16.6 Å². The van der Waals surface area contributed by atoms with Gasteiger partial charge in [0.2, 0.25) is 0 Å². The lowest BCUT2D eigenvalue weighted by atomic mass is 10.1. The maximum absolute atomic E-state index is 12.9. The summed E-state index contributed by atoms with van der Waals surface area (Å²) in [7, 11) is 0. The van der Waals surface area contributed by atoms with Crippen molar-refractivity contribution in [3.8, 4) is 0 Å². The Morgan fingerprint density at radius 1 is 1.20 bits per heavy atom. The minimum absolute atomic E-state index is 0.0949. The second-order valence-electron chi connectivity index (χ2n) is 6.61. The summed E-state index contributed by atoms with van der Waals surface area (Å²) in [5, 5.41) is 0.726. The van der Waals surface area contributed by atoms with Crippen molar-refractivity contribution in [2.75, 3.05) is 0 Å². The molecule has 0 N–H and O–H groups in total. The van der Waals surface area contributed by atoms with Crippen molar-refractivity contribution in [3.05, 3.63) is 70.7 Å². The topological polar surface area (TPSA) is 29.5 Å². The largest absolute Gasteiger partial charge is 0.371 e. The molecule has 132 valence electrons. The monoisotopic (exact) mass is 357 g/mol. The molecule has 1 saturated carbocycles. The number of halogens is 1. The fraction of sp³-hybridized carbons (Fsp3) is 0.381. The van der Waals surface area contributed by atoms with Gasteiger partial charge in [0.15, 0.2) is 0 Å². The molecule has 0 bridgehead atoms. The number of ether oxygens (including phenoxy) is 1. The van der Waals surface area contributed by atoms with Crippen LogP contribution in [0.1, 0.15) is 42.6 Å². The first-order valence-corrected chi connectivity index (χ1v) is 9.21. The van der Waals surface area contributed by atoms with Crippen LogP contribution in [0, 0.1) is 0 Å². The number of amides is 1. The molecule has 3 rings (SSSR count). The van der Waals surface area contributed by atoms with Crippen molar-refractivity contribution in [1.29, 1.82) is 0 Å². The van der Waals surface area contributed by atoms with Crippen molar-refractivity contribution in [1.82, 2.24) is 4.90 Å². The number of hydrogen-bond acceptors (Lipinski definition) is 2. The molecule has 4 heteroatoms. The van der Waals surface area contributed by atoms with E-state index in [4.69, 9.17) is 16.3 Å². The number of rotatable bonds is 7. The number of nitrogens with zero attached hydrogens (tertiary/aromatic N) is 1. The van der Waals surface area contributed by atoms with Gasteiger partial charge in [-0.25, -0.2) is 0 Å². The Labute approximate surface area is 154 Å². The molecule has 0 aromatic heterocycles. The fourth-order valence-electron chi connectivity index (χ4n) is 3.02. The van der Waals surface area contributed by atoms with E-state index in [0.717, 1.165) is 29.0 Å². The van der Waals surface area contributed by atoms with Gasteiger partial charge in [0.1, 0.15) is 0 Å². The van der Waals surface area contributed by atoms with Crippen LogP contribution in [0.15, 0.2) is 54.6 Å². The third kappa shape index (κ3) is 4.42. The summed E-state index contributed by atoms with van der Waals surface area (Å²) in [4.78, 5) is 14.9. The van der Waals surface area contributed by atoms with Crippen molar-refractivity contribution >= 4 is 17.5 Å². The third-order valence-electron chi connectivity index (χ3n) is 4.76. The highest BCUT2D eigenvalue weighted by Gasteiger charge is 2.46. The second-order valence-corrected chi connectivity index (χ2v) is 7.05. The van der Waals surface area contributed by atoms with Crippen LogP contribution < -0.4 is 0 Å². The Bertz CT molecular complexity index is 702.